The van der Waals surface area contributed by atoms with Gasteiger partial charge in [0.25, 0.3) is 0 Å². The zero-order valence-electron chi connectivity index (χ0n) is 13.2. The number of hydrogen-bond acceptors (Lipinski definition) is 2. The van der Waals surface area contributed by atoms with E-state index in [1.165, 1.54) is 0 Å². The number of benzene rings is 1. The Hall–Kier alpha value is -2.30. The Balaban J connectivity index is 1.87. The van der Waals surface area contributed by atoms with Crippen LogP contribution in [0.1, 0.15) is 29.9 Å². The summed E-state index contributed by atoms with van der Waals surface area (Å²) in [5.41, 5.74) is 1.54. The molecule has 0 saturated heterocycles. The molecule has 4 nitrogen and oxygen atoms in total. The lowest BCUT2D eigenvalue weighted by Gasteiger charge is -2.18. The fourth-order valence-corrected chi connectivity index (χ4v) is 2.12. The fourth-order valence-electron chi connectivity index (χ4n) is 2.12. The first-order valence-electron chi connectivity index (χ1n) is 7.35. The van der Waals surface area contributed by atoms with E-state index >= 15 is 0 Å². The average molecular weight is 303 g/mol. The number of aliphatic imine (C=N–C) groups is 1. The van der Waals surface area contributed by atoms with Crippen LogP contribution in [0.2, 0.25) is 0 Å². The average Bonchev–Trinajstić information content (AvgIpc) is 3.02. The Labute approximate surface area is 130 Å². The van der Waals surface area contributed by atoms with Gasteiger partial charge in [-0.25, -0.2) is 4.39 Å². The maximum Gasteiger partial charge on any atom is 0.191 e. The Morgan fingerprint density at radius 2 is 2.18 bits per heavy atom. The van der Waals surface area contributed by atoms with Gasteiger partial charge in [-0.2, -0.15) is 0 Å². The normalized spacial score (nSPS) is 13.0. The fraction of sp³-hybridized carbons (Fsp3) is 0.353. The molecular formula is C17H22FN3O. The molecule has 1 aromatic heterocycles. The van der Waals surface area contributed by atoms with Gasteiger partial charge >= 0.3 is 0 Å². The Bertz CT molecular complexity index is 623. The summed E-state index contributed by atoms with van der Waals surface area (Å²) in [4.78, 5) is 4.18. The van der Waals surface area contributed by atoms with E-state index in [1.807, 2.05) is 25.1 Å². The first kappa shape index (κ1) is 16.1. The van der Waals surface area contributed by atoms with Gasteiger partial charge in [-0.05, 0) is 43.2 Å². The van der Waals surface area contributed by atoms with E-state index < -0.39 is 0 Å². The summed E-state index contributed by atoms with van der Waals surface area (Å²) in [7, 11) is 1.71. The largest absolute Gasteiger partial charge is 0.469 e. The van der Waals surface area contributed by atoms with Gasteiger partial charge in [0.2, 0.25) is 0 Å². The highest BCUT2D eigenvalue weighted by atomic mass is 19.1. The summed E-state index contributed by atoms with van der Waals surface area (Å²) < 4.78 is 18.9. The van der Waals surface area contributed by atoms with E-state index in [0.717, 1.165) is 17.7 Å². The molecule has 0 saturated carbocycles. The summed E-state index contributed by atoms with van der Waals surface area (Å²) in [6.45, 7) is 4.44. The van der Waals surface area contributed by atoms with Crippen LogP contribution in [-0.4, -0.2) is 19.6 Å². The Kier molecular flexibility index (Phi) is 5.58. The van der Waals surface area contributed by atoms with Crippen LogP contribution in [0.4, 0.5) is 4.39 Å². The van der Waals surface area contributed by atoms with Crippen LogP contribution in [0.5, 0.6) is 0 Å². The van der Waals surface area contributed by atoms with Crippen molar-refractivity contribution in [1.82, 2.24) is 10.6 Å². The van der Waals surface area contributed by atoms with E-state index in [-0.39, 0.29) is 11.9 Å². The van der Waals surface area contributed by atoms with Gasteiger partial charge in [0.05, 0.1) is 12.3 Å². The Morgan fingerprint density at radius 3 is 2.82 bits per heavy atom. The zero-order chi connectivity index (χ0) is 15.9. The molecule has 0 aliphatic heterocycles. The van der Waals surface area contributed by atoms with E-state index in [0.29, 0.717) is 18.1 Å². The summed E-state index contributed by atoms with van der Waals surface area (Å²) in [5.74, 6) is 1.42. The van der Waals surface area contributed by atoms with E-state index in [9.17, 15) is 4.39 Å². The molecular weight excluding hydrogens is 281 g/mol. The number of halogens is 1. The molecule has 1 aromatic carbocycles. The molecule has 5 heteroatoms. The molecule has 2 rings (SSSR count). The number of nitrogens with zero attached hydrogens (tertiary/aromatic N) is 1. The molecule has 1 atom stereocenters. The van der Waals surface area contributed by atoms with Crippen molar-refractivity contribution in [1.29, 1.82) is 0 Å². The van der Waals surface area contributed by atoms with Gasteiger partial charge in [0.15, 0.2) is 5.96 Å². The van der Waals surface area contributed by atoms with Crippen molar-refractivity contribution in [3.63, 3.8) is 0 Å². The lowest BCUT2D eigenvalue weighted by molar-refractivity contribution is 0.506. The van der Waals surface area contributed by atoms with Crippen molar-refractivity contribution in [3.8, 4) is 0 Å². The minimum atomic E-state index is -0.188. The molecule has 0 aliphatic carbocycles. The van der Waals surface area contributed by atoms with Crippen LogP contribution in [0, 0.1) is 12.7 Å². The van der Waals surface area contributed by atoms with Crippen molar-refractivity contribution in [2.75, 3.05) is 13.6 Å². The molecule has 0 amide bonds. The smallest absolute Gasteiger partial charge is 0.191 e. The highest BCUT2D eigenvalue weighted by molar-refractivity contribution is 5.80. The van der Waals surface area contributed by atoms with Gasteiger partial charge in [0.1, 0.15) is 11.6 Å². The number of nitrogens with one attached hydrogen (secondary N) is 2. The molecule has 1 unspecified atom stereocenters. The highest BCUT2D eigenvalue weighted by Gasteiger charge is 2.09. The lowest BCUT2D eigenvalue weighted by atomic mass is 10.1. The predicted octanol–water partition coefficient (Wildman–Crippen LogP) is 3.20. The molecule has 1 heterocycles. The molecule has 22 heavy (non-hydrogen) atoms. The molecule has 0 fully saturated rings. The van der Waals surface area contributed by atoms with Gasteiger partial charge in [0, 0.05) is 20.0 Å². The molecule has 2 aromatic rings. The van der Waals surface area contributed by atoms with E-state index in [2.05, 4.69) is 15.6 Å². The van der Waals surface area contributed by atoms with Crippen molar-refractivity contribution >= 4 is 5.96 Å². The second kappa shape index (κ2) is 7.64. The van der Waals surface area contributed by atoms with Crippen molar-refractivity contribution in [2.45, 2.75) is 26.3 Å². The highest BCUT2D eigenvalue weighted by Crippen LogP contribution is 2.16. The van der Waals surface area contributed by atoms with Gasteiger partial charge in [-0.15, -0.1) is 0 Å². The van der Waals surface area contributed by atoms with Gasteiger partial charge in [-0.1, -0.05) is 12.1 Å². The molecule has 0 bridgehead atoms. The minimum Gasteiger partial charge on any atom is -0.469 e. The zero-order valence-corrected chi connectivity index (χ0v) is 13.2. The standard InChI is InChI=1S/C17H22FN3O/c1-12-6-7-14(11-16(12)18)13(2)21-17(19-3)20-9-8-15-5-4-10-22-15/h4-7,10-11,13H,8-9H2,1-3H3,(H2,19,20,21). The second-order valence-electron chi connectivity index (χ2n) is 5.20. The third-order valence-electron chi connectivity index (χ3n) is 3.52. The summed E-state index contributed by atoms with van der Waals surface area (Å²) in [6.07, 6.45) is 2.44. The lowest BCUT2D eigenvalue weighted by Crippen LogP contribution is -2.39. The number of guanidine groups is 1. The van der Waals surface area contributed by atoms with Crippen molar-refractivity contribution in [2.24, 2.45) is 4.99 Å². The van der Waals surface area contributed by atoms with E-state index in [1.54, 1.807) is 32.4 Å². The van der Waals surface area contributed by atoms with Crippen LogP contribution in [-0.2, 0) is 6.42 Å². The maximum absolute atomic E-state index is 13.6. The summed E-state index contributed by atoms with van der Waals surface area (Å²) in [5, 5.41) is 6.47. The number of aryl methyl sites for hydroxylation is 1. The van der Waals surface area contributed by atoms with Crippen LogP contribution in [0.25, 0.3) is 0 Å². The van der Waals surface area contributed by atoms with Crippen LogP contribution in [0.15, 0.2) is 46.0 Å². The monoisotopic (exact) mass is 303 g/mol. The predicted molar refractivity (Wildman–Crippen MR) is 86.5 cm³/mol. The van der Waals surface area contributed by atoms with Crippen LogP contribution >= 0.6 is 0 Å². The molecule has 0 radical (unpaired) electrons. The first-order valence-corrected chi connectivity index (χ1v) is 7.35. The van der Waals surface area contributed by atoms with E-state index in [4.69, 9.17) is 4.42 Å². The van der Waals surface area contributed by atoms with Gasteiger partial charge < -0.3 is 15.1 Å². The summed E-state index contributed by atoms with van der Waals surface area (Å²) >= 11 is 0. The van der Waals surface area contributed by atoms with Crippen LogP contribution in [0.3, 0.4) is 0 Å². The molecule has 0 aliphatic rings. The minimum absolute atomic E-state index is 0.0371. The Morgan fingerprint density at radius 1 is 1.36 bits per heavy atom. The number of hydrogen-bond donors (Lipinski definition) is 2. The maximum atomic E-state index is 13.6. The van der Waals surface area contributed by atoms with Crippen molar-refractivity contribution < 1.29 is 8.81 Å². The third kappa shape index (κ3) is 4.35. The third-order valence-corrected chi connectivity index (χ3v) is 3.52. The van der Waals surface area contributed by atoms with Crippen LogP contribution < -0.4 is 10.6 Å². The SMILES string of the molecule is CN=C(NCCc1ccco1)NC(C)c1ccc(C)c(F)c1. The first-order chi connectivity index (χ1) is 10.6. The topological polar surface area (TPSA) is 49.6 Å². The molecule has 118 valence electrons. The van der Waals surface area contributed by atoms with Gasteiger partial charge in [-0.3, -0.25) is 4.99 Å². The second-order valence-corrected chi connectivity index (χ2v) is 5.20. The summed E-state index contributed by atoms with van der Waals surface area (Å²) in [6, 6.07) is 9.04. The number of rotatable bonds is 5. The molecule has 0 spiro atoms. The number of furan rings is 1. The van der Waals surface area contributed by atoms with Crippen molar-refractivity contribution in [3.05, 3.63) is 59.3 Å². The molecule has 2 N–H and O–H groups in total. The quantitative estimate of drug-likeness (QED) is 0.659.